The number of likely N-dealkylation sites (tertiary alicyclic amines) is 1. The van der Waals surface area contributed by atoms with Crippen LogP contribution in [0.25, 0.3) is 0 Å². The fourth-order valence-electron chi connectivity index (χ4n) is 2.45. The minimum atomic E-state index is -0.515. The Labute approximate surface area is 122 Å². The van der Waals surface area contributed by atoms with Crippen molar-refractivity contribution >= 4 is 12.0 Å². The van der Waals surface area contributed by atoms with Gasteiger partial charge < -0.3 is 15.4 Å². The van der Waals surface area contributed by atoms with Crippen molar-refractivity contribution < 1.29 is 18.7 Å². The van der Waals surface area contributed by atoms with Crippen LogP contribution in [0, 0.1) is 11.7 Å². The van der Waals surface area contributed by atoms with Crippen LogP contribution >= 0.6 is 0 Å². The lowest BCUT2D eigenvalue weighted by molar-refractivity contribution is -0.149. The second-order valence-corrected chi connectivity index (χ2v) is 5.13. The monoisotopic (exact) mass is 294 g/mol. The van der Waals surface area contributed by atoms with Gasteiger partial charge in [0.1, 0.15) is 5.82 Å². The van der Waals surface area contributed by atoms with Gasteiger partial charge in [0.15, 0.2) is 0 Å². The number of carbonyl (C=O) groups excluding carboxylic acids is 2. The van der Waals surface area contributed by atoms with E-state index in [4.69, 9.17) is 10.5 Å². The summed E-state index contributed by atoms with van der Waals surface area (Å²) in [5, 5.41) is 0. The van der Waals surface area contributed by atoms with Gasteiger partial charge in [-0.3, -0.25) is 4.79 Å². The summed E-state index contributed by atoms with van der Waals surface area (Å²) in [6.07, 6.45) is 1.75. The number of esters is 1. The Morgan fingerprint density at radius 3 is 2.86 bits per heavy atom. The molecule has 2 amide bonds. The summed E-state index contributed by atoms with van der Waals surface area (Å²) < 4.78 is 18.6. The molecule has 0 aliphatic carbocycles. The third-order valence-corrected chi connectivity index (χ3v) is 3.64. The number of ether oxygens (including phenoxy) is 1. The summed E-state index contributed by atoms with van der Waals surface area (Å²) in [4.78, 5) is 24.5. The summed E-state index contributed by atoms with van der Waals surface area (Å²) in [6.45, 7) is 1.01. The first kappa shape index (κ1) is 15.3. The standard InChI is InChI=1S/C15H19FN2O3/c16-13-6-2-1-4-11(13)7-9-21-14(19)12-5-3-8-18(10-12)15(17)20/h1-2,4,6,12H,3,5,7-10H2,(H2,17,20)/t12-/m0/s1. The molecule has 1 atom stereocenters. The highest BCUT2D eigenvalue weighted by Crippen LogP contribution is 2.18. The zero-order valence-electron chi connectivity index (χ0n) is 11.8. The normalized spacial score (nSPS) is 18.3. The van der Waals surface area contributed by atoms with E-state index in [1.165, 1.54) is 11.0 Å². The Hall–Kier alpha value is -2.11. The predicted molar refractivity (Wildman–Crippen MR) is 74.9 cm³/mol. The fourth-order valence-corrected chi connectivity index (χ4v) is 2.45. The van der Waals surface area contributed by atoms with Gasteiger partial charge in [0, 0.05) is 19.5 Å². The number of nitrogens with two attached hydrogens (primary N) is 1. The number of benzene rings is 1. The van der Waals surface area contributed by atoms with E-state index in [0.29, 0.717) is 31.5 Å². The van der Waals surface area contributed by atoms with Gasteiger partial charge >= 0.3 is 12.0 Å². The SMILES string of the molecule is NC(=O)N1CCC[C@H](C(=O)OCCc2ccccc2F)C1. The molecule has 0 aromatic heterocycles. The molecule has 0 spiro atoms. The highest BCUT2D eigenvalue weighted by molar-refractivity contribution is 5.76. The van der Waals surface area contributed by atoms with Crippen LogP contribution in [0.2, 0.25) is 0 Å². The molecule has 114 valence electrons. The van der Waals surface area contributed by atoms with E-state index in [-0.39, 0.29) is 24.3 Å². The molecule has 0 bridgehead atoms. The van der Waals surface area contributed by atoms with Crippen LogP contribution in [0.1, 0.15) is 18.4 Å². The number of urea groups is 1. The van der Waals surface area contributed by atoms with E-state index >= 15 is 0 Å². The van der Waals surface area contributed by atoms with Crippen molar-refractivity contribution in [3.05, 3.63) is 35.6 Å². The lowest BCUT2D eigenvalue weighted by atomic mass is 9.98. The van der Waals surface area contributed by atoms with Gasteiger partial charge in [0.2, 0.25) is 0 Å². The van der Waals surface area contributed by atoms with Gasteiger partial charge in [-0.25, -0.2) is 9.18 Å². The van der Waals surface area contributed by atoms with E-state index in [2.05, 4.69) is 0 Å². The first-order chi connectivity index (χ1) is 10.1. The number of hydrogen-bond acceptors (Lipinski definition) is 3. The maximum Gasteiger partial charge on any atom is 0.314 e. The largest absolute Gasteiger partial charge is 0.465 e. The first-order valence-electron chi connectivity index (χ1n) is 7.02. The van der Waals surface area contributed by atoms with Gasteiger partial charge in [-0.1, -0.05) is 18.2 Å². The average Bonchev–Trinajstić information content (AvgIpc) is 2.49. The molecular weight excluding hydrogens is 275 g/mol. The number of halogens is 1. The van der Waals surface area contributed by atoms with Crippen molar-refractivity contribution in [3.8, 4) is 0 Å². The molecule has 1 heterocycles. The Bertz CT molecular complexity index is 521. The molecule has 1 aliphatic heterocycles. The molecule has 6 heteroatoms. The Morgan fingerprint density at radius 2 is 2.14 bits per heavy atom. The minimum Gasteiger partial charge on any atom is -0.465 e. The Kier molecular flexibility index (Phi) is 5.14. The molecular formula is C15H19FN2O3. The molecule has 2 N–H and O–H groups in total. The molecule has 1 fully saturated rings. The topological polar surface area (TPSA) is 72.6 Å². The zero-order chi connectivity index (χ0) is 15.2. The van der Waals surface area contributed by atoms with Gasteiger partial charge in [-0.15, -0.1) is 0 Å². The smallest absolute Gasteiger partial charge is 0.314 e. The molecule has 0 unspecified atom stereocenters. The van der Waals surface area contributed by atoms with E-state index in [1.807, 2.05) is 0 Å². The maximum absolute atomic E-state index is 13.4. The quantitative estimate of drug-likeness (QED) is 0.859. The molecule has 0 saturated carbocycles. The van der Waals surface area contributed by atoms with Gasteiger partial charge in [0.25, 0.3) is 0 Å². The Morgan fingerprint density at radius 1 is 1.38 bits per heavy atom. The summed E-state index contributed by atoms with van der Waals surface area (Å²) in [5.41, 5.74) is 5.74. The Balaban J connectivity index is 1.79. The van der Waals surface area contributed by atoms with E-state index in [9.17, 15) is 14.0 Å². The van der Waals surface area contributed by atoms with Crippen molar-refractivity contribution in [1.82, 2.24) is 4.90 Å². The number of rotatable bonds is 4. The number of amides is 2. The van der Waals surface area contributed by atoms with E-state index in [0.717, 1.165) is 6.42 Å². The molecule has 1 aromatic rings. The lowest BCUT2D eigenvalue weighted by Crippen LogP contribution is -2.45. The summed E-state index contributed by atoms with van der Waals surface area (Å²) in [7, 11) is 0. The fraction of sp³-hybridized carbons (Fsp3) is 0.467. The van der Waals surface area contributed by atoms with Crippen molar-refractivity contribution in [3.63, 3.8) is 0 Å². The van der Waals surface area contributed by atoms with Crippen LogP contribution in [0.3, 0.4) is 0 Å². The summed E-state index contributed by atoms with van der Waals surface area (Å²) in [5.74, 6) is -0.990. The minimum absolute atomic E-state index is 0.132. The van der Waals surface area contributed by atoms with Crippen LogP contribution in [-0.2, 0) is 16.0 Å². The van der Waals surface area contributed by atoms with Crippen molar-refractivity contribution in [2.75, 3.05) is 19.7 Å². The third kappa shape index (κ3) is 4.18. The number of hydrogen-bond donors (Lipinski definition) is 1. The summed E-state index contributed by atoms with van der Waals surface area (Å²) >= 11 is 0. The van der Waals surface area contributed by atoms with Gasteiger partial charge in [-0.05, 0) is 24.5 Å². The number of carbonyl (C=O) groups is 2. The summed E-state index contributed by atoms with van der Waals surface area (Å²) in [6, 6.07) is 5.89. The second-order valence-electron chi connectivity index (χ2n) is 5.13. The van der Waals surface area contributed by atoms with Crippen LogP contribution in [0.4, 0.5) is 9.18 Å². The molecule has 1 saturated heterocycles. The molecule has 2 rings (SSSR count). The van der Waals surface area contributed by atoms with E-state index in [1.54, 1.807) is 18.2 Å². The molecule has 0 radical (unpaired) electrons. The average molecular weight is 294 g/mol. The third-order valence-electron chi connectivity index (χ3n) is 3.64. The van der Waals surface area contributed by atoms with Crippen molar-refractivity contribution in [1.29, 1.82) is 0 Å². The first-order valence-corrected chi connectivity index (χ1v) is 7.02. The molecule has 1 aliphatic rings. The molecule has 1 aromatic carbocycles. The number of primary amides is 1. The predicted octanol–water partition coefficient (Wildman–Crippen LogP) is 1.70. The zero-order valence-corrected chi connectivity index (χ0v) is 11.8. The molecule has 21 heavy (non-hydrogen) atoms. The van der Waals surface area contributed by atoms with Crippen LogP contribution in [0.5, 0.6) is 0 Å². The van der Waals surface area contributed by atoms with Crippen LogP contribution in [0.15, 0.2) is 24.3 Å². The number of piperidine rings is 1. The van der Waals surface area contributed by atoms with Gasteiger partial charge in [-0.2, -0.15) is 0 Å². The lowest BCUT2D eigenvalue weighted by Gasteiger charge is -2.30. The van der Waals surface area contributed by atoms with Crippen LogP contribution in [-0.4, -0.2) is 36.6 Å². The molecule has 5 nitrogen and oxygen atoms in total. The van der Waals surface area contributed by atoms with Crippen LogP contribution < -0.4 is 5.73 Å². The highest BCUT2D eigenvalue weighted by atomic mass is 19.1. The van der Waals surface area contributed by atoms with Crippen molar-refractivity contribution in [2.45, 2.75) is 19.3 Å². The highest BCUT2D eigenvalue weighted by Gasteiger charge is 2.28. The maximum atomic E-state index is 13.4. The number of nitrogens with zero attached hydrogens (tertiary/aromatic N) is 1. The van der Waals surface area contributed by atoms with E-state index < -0.39 is 6.03 Å². The second kappa shape index (κ2) is 7.06. The van der Waals surface area contributed by atoms with Gasteiger partial charge in [0.05, 0.1) is 12.5 Å². The van der Waals surface area contributed by atoms with Crippen molar-refractivity contribution in [2.24, 2.45) is 11.7 Å².